The third kappa shape index (κ3) is 6.14. The summed E-state index contributed by atoms with van der Waals surface area (Å²) in [6.07, 6.45) is 1.94. The quantitative estimate of drug-likeness (QED) is 0.565. The zero-order valence-corrected chi connectivity index (χ0v) is 16.3. The minimum absolute atomic E-state index is 0.202. The van der Waals surface area contributed by atoms with Gasteiger partial charge in [0.2, 0.25) is 5.91 Å². The Hall–Kier alpha value is -2.80. The monoisotopic (exact) mass is 386 g/mol. The summed E-state index contributed by atoms with van der Waals surface area (Å²) in [7, 11) is 0. The molecule has 142 valence electrons. The molecule has 0 saturated heterocycles. The Morgan fingerprint density at radius 1 is 1.00 bits per heavy atom. The predicted octanol–water partition coefficient (Wildman–Crippen LogP) is 2.94. The van der Waals surface area contributed by atoms with Crippen molar-refractivity contribution in [3.8, 4) is 0 Å². The zero-order valence-electron chi connectivity index (χ0n) is 15.5. The van der Waals surface area contributed by atoms with Gasteiger partial charge in [-0.25, -0.2) is 4.79 Å². The fourth-order valence-corrected chi connectivity index (χ4v) is 2.66. The number of carbonyl (C=O) groups is 3. The van der Waals surface area contributed by atoms with Crippen LogP contribution in [0.3, 0.4) is 0 Å². The number of nitrogens with one attached hydrogen (secondary N) is 2. The highest BCUT2D eigenvalue weighted by molar-refractivity contribution is 7.98. The molecule has 0 aliphatic heterocycles. The van der Waals surface area contributed by atoms with Crippen LogP contribution >= 0.6 is 11.8 Å². The van der Waals surface area contributed by atoms with E-state index in [0.717, 1.165) is 16.0 Å². The number of thioether (sulfide) groups is 1. The lowest BCUT2D eigenvalue weighted by Gasteiger charge is -2.11. The van der Waals surface area contributed by atoms with Gasteiger partial charge in [-0.3, -0.25) is 9.59 Å². The number of rotatable bonds is 7. The van der Waals surface area contributed by atoms with Gasteiger partial charge in [0.15, 0.2) is 6.61 Å². The summed E-state index contributed by atoms with van der Waals surface area (Å²) in [6, 6.07) is 12.5. The molecule has 2 N–H and O–H groups in total. The van der Waals surface area contributed by atoms with E-state index in [4.69, 9.17) is 4.74 Å². The van der Waals surface area contributed by atoms with Crippen molar-refractivity contribution in [3.05, 3.63) is 59.2 Å². The molecule has 0 aliphatic carbocycles. The number of carbonyl (C=O) groups excluding carboxylic acids is 3. The number of benzene rings is 2. The minimum atomic E-state index is -0.586. The summed E-state index contributed by atoms with van der Waals surface area (Å²) < 4.78 is 4.96. The average Bonchev–Trinajstić information content (AvgIpc) is 2.68. The lowest BCUT2D eigenvalue weighted by atomic mass is 10.1. The van der Waals surface area contributed by atoms with E-state index < -0.39 is 18.5 Å². The van der Waals surface area contributed by atoms with Crippen LogP contribution < -0.4 is 10.6 Å². The average molecular weight is 386 g/mol. The van der Waals surface area contributed by atoms with Crippen molar-refractivity contribution in [2.24, 2.45) is 0 Å². The third-order valence-electron chi connectivity index (χ3n) is 3.98. The van der Waals surface area contributed by atoms with Crippen LogP contribution in [0.5, 0.6) is 0 Å². The standard InChI is InChI=1S/C20H22N2O4S/c1-13-5-4-6-17(14(13)2)22-18(23)11-21-19(24)12-26-20(25)15-7-9-16(27-3)10-8-15/h4-10H,11-12H2,1-3H3,(H,21,24)(H,22,23). The second-order valence-electron chi connectivity index (χ2n) is 5.88. The first-order valence-electron chi connectivity index (χ1n) is 8.34. The highest BCUT2D eigenvalue weighted by Gasteiger charge is 2.12. The number of esters is 1. The Balaban J connectivity index is 1.75. The van der Waals surface area contributed by atoms with Gasteiger partial charge >= 0.3 is 5.97 Å². The second-order valence-corrected chi connectivity index (χ2v) is 6.76. The van der Waals surface area contributed by atoms with Gasteiger partial charge in [0.05, 0.1) is 12.1 Å². The van der Waals surface area contributed by atoms with Gasteiger partial charge < -0.3 is 15.4 Å². The molecule has 6 nitrogen and oxygen atoms in total. The van der Waals surface area contributed by atoms with Crippen molar-refractivity contribution in [1.82, 2.24) is 5.32 Å². The van der Waals surface area contributed by atoms with E-state index in [2.05, 4.69) is 10.6 Å². The molecule has 0 atom stereocenters. The van der Waals surface area contributed by atoms with Gasteiger partial charge in [-0.05, 0) is 61.6 Å². The zero-order chi connectivity index (χ0) is 19.8. The normalized spacial score (nSPS) is 10.2. The fourth-order valence-electron chi connectivity index (χ4n) is 2.25. The molecule has 7 heteroatoms. The molecular formula is C20H22N2O4S. The summed E-state index contributed by atoms with van der Waals surface area (Å²) in [5.41, 5.74) is 3.11. The first-order chi connectivity index (χ1) is 12.9. The smallest absolute Gasteiger partial charge is 0.338 e. The third-order valence-corrected chi connectivity index (χ3v) is 4.73. The summed E-state index contributed by atoms with van der Waals surface area (Å²) in [6.45, 7) is 3.22. The number of aryl methyl sites for hydroxylation is 1. The molecule has 0 radical (unpaired) electrons. The molecule has 2 amide bonds. The summed E-state index contributed by atoms with van der Waals surface area (Å²) in [5, 5.41) is 5.17. The van der Waals surface area contributed by atoms with Gasteiger partial charge in [0.1, 0.15) is 0 Å². The maximum atomic E-state index is 12.0. The van der Waals surface area contributed by atoms with Crippen molar-refractivity contribution < 1.29 is 19.1 Å². The molecule has 0 heterocycles. The van der Waals surface area contributed by atoms with Crippen LogP contribution in [-0.4, -0.2) is 37.2 Å². The topological polar surface area (TPSA) is 84.5 Å². The van der Waals surface area contributed by atoms with Gasteiger partial charge in [-0.2, -0.15) is 0 Å². The van der Waals surface area contributed by atoms with Crippen molar-refractivity contribution >= 4 is 35.2 Å². The van der Waals surface area contributed by atoms with Gasteiger partial charge in [-0.15, -0.1) is 11.8 Å². The first kappa shape index (κ1) is 20.5. The van der Waals surface area contributed by atoms with Gasteiger partial charge in [-0.1, -0.05) is 12.1 Å². The van der Waals surface area contributed by atoms with Gasteiger partial charge in [0.25, 0.3) is 5.91 Å². The van der Waals surface area contributed by atoms with E-state index in [0.29, 0.717) is 11.3 Å². The first-order valence-corrected chi connectivity index (χ1v) is 9.57. The van der Waals surface area contributed by atoms with Crippen LogP contribution in [0.2, 0.25) is 0 Å². The van der Waals surface area contributed by atoms with E-state index in [1.165, 1.54) is 0 Å². The Kier molecular flexibility index (Phi) is 7.43. The lowest BCUT2D eigenvalue weighted by molar-refractivity contribution is -0.126. The van der Waals surface area contributed by atoms with Crippen LogP contribution in [0.15, 0.2) is 47.4 Å². The second kappa shape index (κ2) is 9.78. The Labute approximate surface area is 162 Å². The highest BCUT2D eigenvalue weighted by Crippen LogP contribution is 2.17. The van der Waals surface area contributed by atoms with E-state index in [1.807, 2.05) is 32.2 Å². The number of anilines is 1. The van der Waals surface area contributed by atoms with E-state index in [1.54, 1.807) is 42.1 Å². The molecule has 2 aromatic rings. The maximum Gasteiger partial charge on any atom is 0.338 e. The molecule has 0 bridgehead atoms. The molecule has 0 unspecified atom stereocenters. The van der Waals surface area contributed by atoms with E-state index in [-0.39, 0.29) is 12.5 Å². The molecule has 0 aromatic heterocycles. The largest absolute Gasteiger partial charge is 0.452 e. The Morgan fingerprint density at radius 3 is 2.37 bits per heavy atom. The summed E-state index contributed by atoms with van der Waals surface area (Å²) >= 11 is 1.56. The maximum absolute atomic E-state index is 12.0. The van der Waals surface area contributed by atoms with Crippen molar-refractivity contribution in [2.45, 2.75) is 18.7 Å². The van der Waals surface area contributed by atoms with Crippen LogP contribution in [0.1, 0.15) is 21.5 Å². The molecule has 2 rings (SSSR count). The van der Waals surface area contributed by atoms with Crippen molar-refractivity contribution in [1.29, 1.82) is 0 Å². The minimum Gasteiger partial charge on any atom is -0.452 e. The molecule has 0 aliphatic rings. The Bertz CT molecular complexity index is 834. The van der Waals surface area contributed by atoms with E-state index >= 15 is 0 Å². The highest BCUT2D eigenvalue weighted by atomic mass is 32.2. The molecule has 0 saturated carbocycles. The number of hydrogen-bond acceptors (Lipinski definition) is 5. The molecule has 2 aromatic carbocycles. The number of amides is 2. The van der Waals surface area contributed by atoms with Crippen molar-refractivity contribution in [3.63, 3.8) is 0 Å². The SMILES string of the molecule is CSc1ccc(C(=O)OCC(=O)NCC(=O)Nc2cccc(C)c2C)cc1. The van der Waals surface area contributed by atoms with Crippen LogP contribution in [0.25, 0.3) is 0 Å². The summed E-state index contributed by atoms with van der Waals surface area (Å²) in [5.74, 6) is -1.48. The number of ether oxygens (including phenoxy) is 1. The van der Waals surface area contributed by atoms with Crippen LogP contribution in [0, 0.1) is 13.8 Å². The van der Waals surface area contributed by atoms with Crippen molar-refractivity contribution in [2.75, 3.05) is 24.7 Å². The number of hydrogen-bond donors (Lipinski definition) is 2. The Morgan fingerprint density at radius 2 is 1.70 bits per heavy atom. The molecule has 0 fully saturated rings. The van der Waals surface area contributed by atoms with Gasteiger partial charge in [0, 0.05) is 10.6 Å². The predicted molar refractivity (Wildman–Crippen MR) is 106 cm³/mol. The molecular weight excluding hydrogens is 364 g/mol. The van der Waals surface area contributed by atoms with Crippen LogP contribution in [0.4, 0.5) is 5.69 Å². The lowest BCUT2D eigenvalue weighted by Crippen LogP contribution is -2.35. The van der Waals surface area contributed by atoms with Crippen LogP contribution in [-0.2, 0) is 14.3 Å². The fraction of sp³-hybridized carbons (Fsp3) is 0.250. The molecule has 0 spiro atoms. The summed E-state index contributed by atoms with van der Waals surface area (Å²) in [4.78, 5) is 36.7. The van der Waals surface area contributed by atoms with E-state index in [9.17, 15) is 14.4 Å². The molecule has 27 heavy (non-hydrogen) atoms.